The summed E-state index contributed by atoms with van der Waals surface area (Å²) >= 11 is 0. The topological polar surface area (TPSA) is 49.3 Å². The fourth-order valence-corrected chi connectivity index (χ4v) is 0.849. The van der Waals surface area contributed by atoms with E-state index in [2.05, 4.69) is 12.2 Å². The van der Waals surface area contributed by atoms with Crippen molar-refractivity contribution in [3.8, 4) is 0 Å². The number of hydrogen-bond donors (Lipinski definition) is 2. The molecule has 0 heterocycles. The highest BCUT2D eigenvalue weighted by atomic mass is 16.4. The van der Waals surface area contributed by atoms with Gasteiger partial charge in [0.05, 0.1) is 0 Å². The fraction of sp³-hybridized carbons (Fsp3) is 0.667. The summed E-state index contributed by atoms with van der Waals surface area (Å²) in [5.41, 5.74) is 0.860. The molecule has 0 radical (unpaired) electrons. The molecular weight excluding hydrogens is 154 g/mol. The summed E-state index contributed by atoms with van der Waals surface area (Å²) in [5, 5.41) is 11.5. The number of nitrogens with one attached hydrogen (secondary N) is 1. The zero-order valence-electron chi connectivity index (χ0n) is 7.76. The second-order valence-electron chi connectivity index (χ2n) is 2.86. The molecule has 0 aromatic rings. The first-order valence-corrected chi connectivity index (χ1v) is 4.27. The third kappa shape index (κ3) is 7.28. The number of hydrogen-bond acceptors (Lipinski definition) is 2. The van der Waals surface area contributed by atoms with E-state index in [1.54, 1.807) is 0 Å². The normalized spacial score (nSPS) is 11.7. The van der Waals surface area contributed by atoms with Gasteiger partial charge >= 0.3 is 5.97 Å². The van der Waals surface area contributed by atoms with E-state index in [9.17, 15) is 4.79 Å². The van der Waals surface area contributed by atoms with Crippen LogP contribution in [0.25, 0.3) is 0 Å². The maximum atomic E-state index is 10.2. The standard InChI is InChI=1S/C9H17NO2/c1-3-4-5-10-7-8(2)6-9(11)12/h6,10H,3-5,7H2,1-2H3,(H,11,12). The highest BCUT2D eigenvalue weighted by Gasteiger charge is 1.92. The molecule has 0 spiro atoms. The van der Waals surface area contributed by atoms with Crippen molar-refractivity contribution in [3.63, 3.8) is 0 Å². The monoisotopic (exact) mass is 171 g/mol. The van der Waals surface area contributed by atoms with Gasteiger partial charge in [-0.1, -0.05) is 18.9 Å². The maximum absolute atomic E-state index is 10.2. The molecule has 0 unspecified atom stereocenters. The van der Waals surface area contributed by atoms with E-state index in [1.807, 2.05) is 6.92 Å². The number of rotatable bonds is 6. The van der Waals surface area contributed by atoms with Gasteiger partial charge in [0.2, 0.25) is 0 Å². The molecule has 0 aliphatic carbocycles. The second kappa shape index (κ2) is 6.85. The third-order valence-corrected chi connectivity index (χ3v) is 1.48. The van der Waals surface area contributed by atoms with Gasteiger partial charge in [0.25, 0.3) is 0 Å². The molecule has 0 bridgehead atoms. The van der Waals surface area contributed by atoms with Crippen LogP contribution in [0.2, 0.25) is 0 Å². The van der Waals surface area contributed by atoms with E-state index in [0.717, 1.165) is 25.0 Å². The van der Waals surface area contributed by atoms with Crippen molar-refractivity contribution in [3.05, 3.63) is 11.6 Å². The van der Waals surface area contributed by atoms with Crippen LogP contribution in [0.3, 0.4) is 0 Å². The number of unbranched alkanes of at least 4 members (excludes halogenated alkanes) is 1. The van der Waals surface area contributed by atoms with Crippen LogP contribution in [-0.4, -0.2) is 24.2 Å². The lowest BCUT2D eigenvalue weighted by Crippen LogP contribution is -2.17. The van der Waals surface area contributed by atoms with Crippen LogP contribution in [-0.2, 0) is 4.79 Å². The molecule has 0 aromatic carbocycles. The Kier molecular flexibility index (Phi) is 6.38. The first kappa shape index (κ1) is 11.2. The van der Waals surface area contributed by atoms with Gasteiger partial charge in [-0.3, -0.25) is 0 Å². The Morgan fingerprint density at radius 3 is 2.75 bits per heavy atom. The van der Waals surface area contributed by atoms with E-state index >= 15 is 0 Å². The Hall–Kier alpha value is -0.830. The summed E-state index contributed by atoms with van der Waals surface area (Å²) in [5.74, 6) is -0.871. The predicted octanol–water partition coefficient (Wildman–Crippen LogP) is 1.41. The third-order valence-electron chi connectivity index (χ3n) is 1.48. The molecule has 3 heteroatoms. The first-order chi connectivity index (χ1) is 5.66. The Morgan fingerprint density at radius 2 is 2.25 bits per heavy atom. The van der Waals surface area contributed by atoms with Crippen LogP contribution in [0.4, 0.5) is 0 Å². The smallest absolute Gasteiger partial charge is 0.328 e. The molecular formula is C9H17NO2. The number of aliphatic carboxylic acids is 1. The van der Waals surface area contributed by atoms with Gasteiger partial charge in [0, 0.05) is 12.6 Å². The van der Waals surface area contributed by atoms with Gasteiger partial charge in [-0.15, -0.1) is 0 Å². The van der Waals surface area contributed by atoms with Gasteiger partial charge in [-0.05, 0) is 19.9 Å². The Morgan fingerprint density at radius 1 is 1.58 bits per heavy atom. The van der Waals surface area contributed by atoms with Crippen molar-refractivity contribution >= 4 is 5.97 Å². The summed E-state index contributed by atoms with van der Waals surface area (Å²) in [6.07, 6.45) is 3.54. The van der Waals surface area contributed by atoms with Gasteiger partial charge in [0.15, 0.2) is 0 Å². The van der Waals surface area contributed by atoms with Crippen molar-refractivity contribution in [2.75, 3.05) is 13.1 Å². The molecule has 0 aromatic heterocycles. The summed E-state index contributed by atoms with van der Waals surface area (Å²) in [7, 11) is 0. The lowest BCUT2D eigenvalue weighted by molar-refractivity contribution is -0.131. The lowest BCUT2D eigenvalue weighted by atomic mass is 10.2. The maximum Gasteiger partial charge on any atom is 0.328 e. The number of carboxylic acids is 1. The molecule has 0 atom stereocenters. The summed E-state index contributed by atoms with van der Waals surface area (Å²) < 4.78 is 0. The van der Waals surface area contributed by atoms with Crippen molar-refractivity contribution in [2.24, 2.45) is 0 Å². The predicted molar refractivity (Wildman–Crippen MR) is 49.2 cm³/mol. The Bertz CT molecular complexity index is 164. The number of carboxylic acid groups (broad SMARTS) is 1. The average Bonchev–Trinajstić information content (AvgIpc) is 1.97. The quantitative estimate of drug-likeness (QED) is 0.469. The van der Waals surface area contributed by atoms with E-state index in [0.29, 0.717) is 6.54 Å². The first-order valence-electron chi connectivity index (χ1n) is 4.27. The van der Waals surface area contributed by atoms with E-state index in [4.69, 9.17) is 5.11 Å². The number of carbonyl (C=O) groups is 1. The van der Waals surface area contributed by atoms with Gasteiger partial charge < -0.3 is 10.4 Å². The summed E-state index contributed by atoms with van der Waals surface area (Å²) in [4.78, 5) is 10.2. The van der Waals surface area contributed by atoms with Crippen LogP contribution in [0.5, 0.6) is 0 Å². The van der Waals surface area contributed by atoms with Crippen molar-refractivity contribution in [1.29, 1.82) is 0 Å². The lowest BCUT2D eigenvalue weighted by Gasteiger charge is -2.02. The second-order valence-corrected chi connectivity index (χ2v) is 2.86. The summed E-state index contributed by atoms with van der Waals surface area (Å²) in [6, 6.07) is 0. The van der Waals surface area contributed by atoms with Crippen molar-refractivity contribution < 1.29 is 9.90 Å². The molecule has 0 rings (SSSR count). The van der Waals surface area contributed by atoms with Gasteiger partial charge in [-0.2, -0.15) is 0 Å². The van der Waals surface area contributed by atoms with Crippen LogP contribution >= 0.6 is 0 Å². The molecule has 0 saturated carbocycles. The molecule has 0 fully saturated rings. The van der Waals surface area contributed by atoms with Crippen molar-refractivity contribution in [2.45, 2.75) is 26.7 Å². The van der Waals surface area contributed by atoms with Crippen LogP contribution in [0, 0.1) is 0 Å². The molecule has 3 nitrogen and oxygen atoms in total. The Labute approximate surface area is 73.5 Å². The van der Waals surface area contributed by atoms with E-state index in [-0.39, 0.29) is 0 Å². The zero-order chi connectivity index (χ0) is 9.40. The minimum Gasteiger partial charge on any atom is -0.478 e. The fourth-order valence-electron chi connectivity index (χ4n) is 0.849. The Balaban J connectivity index is 3.43. The van der Waals surface area contributed by atoms with E-state index in [1.165, 1.54) is 6.08 Å². The zero-order valence-corrected chi connectivity index (χ0v) is 7.76. The molecule has 0 saturated heterocycles. The molecule has 12 heavy (non-hydrogen) atoms. The van der Waals surface area contributed by atoms with E-state index < -0.39 is 5.97 Å². The van der Waals surface area contributed by atoms with Crippen molar-refractivity contribution in [1.82, 2.24) is 5.32 Å². The SMILES string of the molecule is CCCCNCC(C)=CC(=O)O. The molecule has 0 aliphatic rings. The minimum absolute atomic E-state index is 0.673. The minimum atomic E-state index is -0.871. The summed E-state index contributed by atoms with van der Waals surface area (Å²) in [6.45, 7) is 5.57. The highest BCUT2D eigenvalue weighted by Crippen LogP contribution is 1.90. The van der Waals surface area contributed by atoms with Crippen LogP contribution in [0.15, 0.2) is 11.6 Å². The molecule has 0 amide bonds. The molecule has 70 valence electrons. The highest BCUT2D eigenvalue weighted by molar-refractivity contribution is 5.80. The van der Waals surface area contributed by atoms with Crippen LogP contribution in [0.1, 0.15) is 26.7 Å². The van der Waals surface area contributed by atoms with Gasteiger partial charge in [-0.25, -0.2) is 4.79 Å². The van der Waals surface area contributed by atoms with Gasteiger partial charge in [0.1, 0.15) is 0 Å². The average molecular weight is 171 g/mol. The van der Waals surface area contributed by atoms with Crippen LogP contribution < -0.4 is 5.32 Å². The largest absolute Gasteiger partial charge is 0.478 e. The molecule has 0 aliphatic heterocycles. The molecule has 2 N–H and O–H groups in total.